The average Bonchev–Trinajstić information content (AvgIpc) is 3.12. The number of carbonyl (C=O) groups excluding carboxylic acids is 1. The van der Waals surface area contributed by atoms with Crippen molar-refractivity contribution in [3.63, 3.8) is 0 Å². The first-order valence-electron chi connectivity index (χ1n) is 10.7. The number of halogens is 2. The zero-order chi connectivity index (χ0) is 20.8. The van der Waals surface area contributed by atoms with Crippen LogP contribution in [0.5, 0.6) is 0 Å². The third-order valence-electron chi connectivity index (χ3n) is 5.70. The molecule has 4 rings (SSSR count). The van der Waals surface area contributed by atoms with Crippen LogP contribution in [-0.4, -0.2) is 33.8 Å². The summed E-state index contributed by atoms with van der Waals surface area (Å²) in [6, 6.07) is 18.3. The Bertz CT molecular complexity index is 870. The number of nitrogens with one attached hydrogen (secondary N) is 1. The molecule has 166 valence electrons. The first kappa shape index (κ1) is 24.0. The highest BCUT2D eigenvalue weighted by molar-refractivity contribution is 8.14. The van der Waals surface area contributed by atoms with E-state index in [0.29, 0.717) is 17.5 Å². The second kappa shape index (κ2) is 11.8. The fraction of sp³-hybridized carbons (Fsp3) is 0.417. The van der Waals surface area contributed by atoms with Gasteiger partial charge in [-0.15, -0.1) is 12.4 Å². The Morgan fingerprint density at radius 2 is 1.77 bits per heavy atom. The van der Waals surface area contributed by atoms with Crippen molar-refractivity contribution in [3.8, 4) is 0 Å². The highest BCUT2D eigenvalue weighted by Crippen LogP contribution is 2.31. The van der Waals surface area contributed by atoms with Crippen LogP contribution in [0, 0.1) is 0 Å². The molecule has 2 aromatic rings. The van der Waals surface area contributed by atoms with Crippen molar-refractivity contribution in [1.82, 2.24) is 4.90 Å². The number of anilines is 1. The minimum Gasteiger partial charge on any atom is -0.343 e. The van der Waals surface area contributed by atoms with Gasteiger partial charge in [-0.2, -0.15) is 0 Å². The summed E-state index contributed by atoms with van der Waals surface area (Å²) in [6.07, 6.45) is 6.70. The van der Waals surface area contributed by atoms with Gasteiger partial charge < -0.3 is 10.2 Å². The zero-order valence-corrected chi connectivity index (χ0v) is 19.9. The number of rotatable bonds is 6. The summed E-state index contributed by atoms with van der Waals surface area (Å²) in [6.45, 7) is 0.790. The van der Waals surface area contributed by atoms with E-state index in [2.05, 4.69) is 34.5 Å². The van der Waals surface area contributed by atoms with Crippen LogP contribution in [0.15, 0.2) is 59.6 Å². The molecule has 0 aromatic heterocycles. The molecule has 1 atom stereocenters. The van der Waals surface area contributed by atoms with Crippen LogP contribution in [0.3, 0.4) is 0 Å². The second-order valence-electron chi connectivity index (χ2n) is 8.04. The maximum atomic E-state index is 12.7. The molecule has 1 saturated carbocycles. The minimum atomic E-state index is 0. The lowest BCUT2D eigenvalue weighted by Gasteiger charge is -2.27. The van der Waals surface area contributed by atoms with Crippen LogP contribution in [0.25, 0.3) is 0 Å². The number of benzene rings is 2. The molecule has 2 fully saturated rings. The molecule has 0 spiro atoms. The lowest BCUT2D eigenvalue weighted by Crippen LogP contribution is -2.37. The summed E-state index contributed by atoms with van der Waals surface area (Å²) in [5.41, 5.74) is 2.03. The van der Waals surface area contributed by atoms with Crippen LogP contribution >= 0.6 is 35.8 Å². The van der Waals surface area contributed by atoms with Crippen LogP contribution in [-0.2, 0) is 11.3 Å². The van der Waals surface area contributed by atoms with E-state index in [1.54, 1.807) is 23.9 Å². The van der Waals surface area contributed by atoms with Gasteiger partial charge in [0.15, 0.2) is 5.17 Å². The molecule has 2 aromatic carbocycles. The highest BCUT2D eigenvalue weighted by Gasteiger charge is 2.32. The smallest absolute Gasteiger partial charge is 0.226 e. The minimum absolute atomic E-state index is 0. The number of thioether (sulfide) groups is 1. The van der Waals surface area contributed by atoms with E-state index in [4.69, 9.17) is 16.6 Å². The summed E-state index contributed by atoms with van der Waals surface area (Å²) < 4.78 is 0. The number of amidine groups is 1. The van der Waals surface area contributed by atoms with E-state index in [0.717, 1.165) is 23.2 Å². The van der Waals surface area contributed by atoms with Crippen molar-refractivity contribution >= 4 is 52.5 Å². The summed E-state index contributed by atoms with van der Waals surface area (Å²) in [5.74, 6) is 0.923. The normalized spacial score (nSPS) is 20.5. The second-order valence-corrected chi connectivity index (χ2v) is 9.46. The fourth-order valence-electron chi connectivity index (χ4n) is 4.08. The number of nitrogens with zero attached hydrogens (tertiary/aromatic N) is 2. The van der Waals surface area contributed by atoms with E-state index in [9.17, 15) is 4.79 Å². The van der Waals surface area contributed by atoms with Gasteiger partial charge in [-0.1, -0.05) is 73.0 Å². The van der Waals surface area contributed by atoms with Gasteiger partial charge in [0.2, 0.25) is 5.91 Å². The molecule has 1 saturated heterocycles. The first-order valence-corrected chi connectivity index (χ1v) is 12.1. The molecule has 0 radical (unpaired) electrons. The zero-order valence-electron chi connectivity index (χ0n) is 17.5. The third kappa shape index (κ3) is 6.90. The standard InChI is InChI=1S/C24H28ClN3OS.ClH/c25-19-11-13-21(14-12-19)26-23(29)15-22-17-30-24(27-20-9-5-2-6-10-20)28(22)16-18-7-3-1-4-8-18;/h1,3-4,7-8,11-14,20,22H,2,5-6,9-10,15-17H2,(H,26,29);1H/b27-24-;. The van der Waals surface area contributed by atoms with E-state index in [-0.39, 0.29) is 24.4 Å². The van der Waals surface area contributed by atoms with Gasteiger partial charge in [-0.05, 0) is 42.7 Å². The number of aliphatic imine (C=N–C) groups is 1. The molecule has 1 amide bonds. The Morgan fingerprint density at radius 3 is 2.48 bits per heavy atom. The topological polar surface area (TPSA) is 44.7 Å². The van der Waals surface area contributed by atoms with Crippen molar-refractivity contribution in [2.24, 2.45) is 4.99 Å². The predicted octanol–water partition coefficient (Wildman–Crippen LogP) is 6.40. The average molecular weight is 478 g/mol. The van der Waals surface area contributed by atoms with Crippen LogP contribution in [0.2, 0.25) is 5.02 Å². The van der Waals surface area contributed by atoms with E-state index < -0.39 is 0 Å². The first-order chi connectivity index (χ1) is 14.7. The van der Waals surface area contributed by atoms with Crippen LogP contribution in [0.4, 0.5) is 5.69 Å². The number of amides is 1. The molecule has 1 aliphatic heterocycles. The van der Waals surface area contributed by atoms with Gasteiger partial charge in [0, 0.05) is 35.5 Å². The SMILES string of the molecule is Cl.O=C(CC1CS/C(=N\C2CCCCC2)N1Cc1ccccc1)Nc1ccc(Cl)cc1. The van der Waals surface area contributed by atoms with Gasteiger partial charge in [0.25, 0.3) is 0 Å². The van der Waals surface area contributed by atoms with Crippen LogP contribution in [0.1, 0.15) is 44.1 Å². The largest absolute Gasteiger partial charge is 0.343 e. The maximum Gasteiger partial charge on any atom is 0.226 e. The molecule has 7 heteroatoms. The molecule has 0 bridgehead atoms. The fourth-order valence-corrected chi connectivity index (χ4v) is 5.45. The monoisotopic (exact) mass is 477 g/mol. The molecular weight excluding hydrogens is 449 g/mol. The molecule has 1 aliphatic carbocycles. The molecule has 1 N–H and O–H groups in total. The Labute approximate surface area is 200 Å². The van der Waals surface area contributed by atoms with Crippen molar-refractivity contribution in [3.05, 3.63) is 65.2 Å². The number of hydrogen-bond donors (Lipinski definition) is 1. The van der Waals surface area contributed by atoms with Crippen molar-refractivity contribution in [2.45, 2.75) is 57.2 Å². The van der Waals surface area contributed by atoms with Gasteiger partial charge in [0.1, 0.15) is 0 Å². The van der Waals surface area contributed by atoms with Crippen molar-refractivity contribution < 1.29 is 4.79 Å². The van der Waals surface area contributed by atoms with E-state index >= 15 is 0 Å². The number of hydrogen-bond acceptors (Lipinski definition) is 3. The number of carbonyl (C=O) groups is 1. The Kier molecular flexibility index (Phi) is 9.12. The van der Waals surface area contributed by atoms with Crippen molar-refractivity contribution in [2.75, 3.05) is 11.1 Å². The third-order valence-corrected chi connectivity index (χ3v) is 7.11. The van der Waals surface area contributed by atoms with E-state index in [1.165, 1.54) is 37.7 Å². The highest BCUT2D eigenvalue weighted by atomic mass is 35.5. The van der Waals surface area contributed by atoms with Gasteiger partial charge in [-0.25, -0.2) is 0 Å². The molecule has 31 heavy (non-hydrogen) atoms. The summed E-state index contributed by atoms with van der Waals surface area (Å²) in [5, 5.41) is 4.77. The summed E-state index contributed by atoms with van der Waals surface area (Å²) >= 11 is 7.74. The molecular formula is C24H29Cl2N3OS. The lowest BCUT2D eigenvalue weighted by molar-refractivity contribution is -0.116. The summed E-state index contributed by atoms with van der Waals surface area (Å²) in [4.78, 5) is 20.2. The Balaban J connectivity index is 0.00000272. The Morgan fingerprint density at radius 1 is 1.06 bits per heavy atom. The molecule has 2 aliphatic rings. The van der Waals surface area contributed by atoms with Gasteiger partial charge in [-0.3, -0.25) is 9.79 Å². The Hall–Kier alpha value is -1.69. The predicted molar refractivity (Wildman–Crippen MR) is 134 cm³/mol. The summed E-state index contributed by atoms with van der Waals surface area (Å²) in [7, 11) is 0. The molecule has 1 unspecified atom stereocenters. The lowest BCUT2D eigenvalue weighted by atomic mass is 9.96. The van der Waals surface area contributed by atoms with Gasteiger partial charge in [0.05, 0.1) is 6.04 Å². The molecule has 4 nitrogen and oxygen atoms in total. The van der Waals surface area contributed by atoms with Gasteiger partial charge >= 0.3 is 0 Å². The maximum absolute atomic E-state index is 12.7. The van der Waals surface area contributed by atoms with E-state index in [1.807, 2.05) is 18.2 Å². The quantitative estimate of drug-likeness (QED) is 0.523. The van der Waals surface area contributed by atoms with Crippen LogP contribution < -0.4 is 5.32 Å². The van der Waals surface area contributed by atoms with Crippen molar-refractivity contribution in [1.29, 1.82) is 0 Å². The molecule has 1 heterocycles.